The number of aromatic hydroxyl groups is 1. The maximum absolute atomic E-state index is 9.99. The standard InChI is InChI=1S/C17H20O3/c1-2-4-13-7-8-17(16(19)12-13)20-15-6-3-5-14(11-15)9-10-18/h3,5-8,11-12,18-19H,2,4,9-10H2,1H3. The van der Waals surface area contributed by atoms with Gasteiger partial charge in [-0.15, -0.1) is 0 Å². The van der Waals surface area contributed by atoms with E-state index in [9.17, 15) is 5.11 Å². The van der Waals surface area contributed by atoms with Crippen LogP contribution in [0.15, 0.2) is 42.5 Å². The van der Waals surface area contributed by atoms with Crippen molar-refractivity contribution in [3.05, 3.63) is 53.6 Å². The molecular weight excluding hydrogens is 252 g/mol. The maximum Gasteiger partial charge on any atom is 0.169 e. The molecule has 2 N–H and O–H groups in total. The fraction of sp³-hybridized carbons (Fsp3) is 0.294. The minimum absolute atomic E-state index is 0.112. The lowest BCUT2D eigenvalue weighted by Gasteiger charge is -2.10. The predicted octanol–water partition coefficient (Wildman–Crippen LogP) is 3.67. The lowest BCUT2D eigenvalue weighted by atomic mass is 10.1. The van der Waals surface area contributed by atoms with Crippen LogP contribution in [0.25, 0.3) is 0 Å². The summed E-state index contributed by atoms with van der Waals surface area (Å²) in [6.07, 6.45) is 2.58. The lowest BCUT2D eigenvalue weighted by Crippen LogP contribution is -1.92. The summed E-state index contributed by atoms with van der Waals surface area (Å²) in [5.41, 5.74) is 2.11. The van der Waals surface area contributed by atoms with Crippen LogP contribution in [0.2, 0.25) is 0 Å². The molecule has 0 heterocycles. The normalized spacial score (nSPS) is 10.5. The summed E-state index contributed by atoms with van der Waals surface area (Å²) in [6.45, 7) is 2.22. The molecule has 0 radical (unpaired) electrons. The number of aryl methyl sites for hydroxylation is 1. The average molecular weight is 272 g/mol. The summed E-state index contributed by atoms with van der Waals surface area (Å²) in [6, 6.07) is 13.0. The van der Waals surface area contributed by atoms with Crippen molar-refractivity contribution in [2.24, 2.45) is 0 Å². The second kappa shape index (κ2) is 6.96. The van der Waals surface area contributed by atoms with E-state index < -0.39 is 0 Å². The zero-order chi connectivity index (χ0) is 14.4. The van der Waals surface area contributed by atoms with Crippen molar-refractivity contribution in [3.63, 3.8) is 0 Å². The third-order valence-electron chi connectivity index (χ3n) is 3.09. The van der Waals surface area contributed by atoms with E-state index in [2.05, 4.69) is 6.92 Å². The molecule has 0 saturated carbocycles. The Balaban J connectivity index is 2.15. The average Bonchev–Trinajstić information content (AvgIpc) is 2.43. The number of rotatable bonds is 6. The van der Waals surface area contributed by atoms with Gasteiger partial charge in [-0.05, 0) is 48.2 Å². The molecule has 0 unspecified atom stereocenters. The van der Waals surface area contributed by atoms with Crippen LogP contribution in [-0.4, -0.2) is 16.8 Å². The number of hydrogen-bond donors (Lipinski definition) is 2. The molecule has 0 aromatic heterocycles. The fourth-order valence-corrected chi connectivity index (χ4v) is 2.11. The highest BCUT2D eigenvalue weighted by Crippen LogP contribution is 2.32. The predicted molar refractivity (Wildman–Crippen MR) is 79.4 cm³/mol. The highest BCUT2D eigenvalue weighted by atomic mass is 16.5. The molecule has 0 aliphatic rings. The largest absolute Gasteiger partial charge is 0.504 e. The van der Waals surface area contributed by atoms with Gasteiger partial charge >= 0.3 is 0 Å². The minimum Gasteiger partial charge on any atom is -0.504 e. The molecule has 106 valence electrons. The molecule has 3 nitrogen and oxygen atoms in total. The molecule has 3 heteroatoms. The molecule has 0 aliphatic carbocycles. The maximum atomic E-state index is 9.99. The SMILES string of the molecule is CCCc1ccc(Oc2cccc(CCO)c2)c(O)c1. The Kier molecular flexibility index (Phi) is 5.02. The third kappa shape index (κ3) is 3.75. The number of phenolic OH excluding ortho intramolecular Hbond substituents is 1. The summed E-state index contributed by atoms with van der Waals surface area (Å²) in [7, 11) is 0. The molecule has 0 aliphatic heterocycles. The van der Waals surface area contributed by atoms with Crippen molar-refractivity contribution in [2.45, 2.75) is 26.2 Å². The zero-order valence-electron chi connectivity index (χ0n) is 11.7. The number of aliphatic hydroxyl groups is 1. The monoisotopic (exact) mass is 272 g/mol. The van der Waals surface area contributed by atoms with Crippen LogP contribution in [0.3, 0.4) is 0 Å². The highest BCUT2D eigenvalue weighted by Gasteiger charge is 2.05. The van der Waals surface area contributed by atoms with Crippen molar-refractivity contribution >= 4 is 0 Å². The fourth-order valence-electron chi connectivity index (χ4n) is 2.11. The Morgan fingerprint density at radius 1 is 1.00 bits per heavy atom. The Bertz CT molecular complexity index is 564. The van der Waals surface area contributed by atoms with E-state index in [4.69, 9.17) is 9.84 Å². The lowest BCUT2D eigenvalue weighted by molar-refractivity contribution is 0.299. The van der Waals surface area contributed by atoms with Gasteiger partial charge in [0.05, 0.1) is 0 Å². The minimum atomic E-state index is 0.112. The summed E-state index contributed by atoms with van der Waals surface area (Å²) < 4.78 is 5.70. The molecule has 2 aromatic rings. The number of phenols is 1. The molecule has 0 atom stereocenters. The first kappa shape index (κ1) is 14.4. The van der Waals surface area contributed by atoms with E-state index >= 15 is 0 Å². The van der Waals surface area contributed by atoms with Gasteiger partial charge in [0.25, 0.3) is 0 Å². The smallest absolute Gasteiger partial charge is 0.169 e. The quantitative estimate of drug-likeness (QED) is 0.843. The molecule has 0 spiro atoms. The molecular formula is C17H20O3. The Hall–Kier alpha value is -2.00. The van der Waals surface area contributed by atoms with Gasteiger partial charge in [0.2, 0.25) is 0 Å². The highest BCUT2D eigenvalue weighted by molar-refractivity contribution is 5.45. The van der Waals surface area contributed by atoms with Crippen molar-refractivity contribution in [2.75, 3.05) is 6.61 Å². The van der Waals surface area contributed by atoms with Gasteiger partial charge in [-0.2, -0.15) is 0 Å². The molecule has 20 heavy (non-hydrogen) atoms. The molecule has 2 aromatic carbocycles. The molecule has 0 fully saturated rings. The summed E-state index contributed by atoms with van der Waals surface area (Å²) >= 11 is 0. The van der Waals surface area contributed by atoms with Crippen LogP contribution < -0.4 is 4.74 Å². The first-order chi connectivity index (χ1) is 9.72. The first-order valence-electron chi connectivity index (χ1n) is 6.92. The molecule has 0 amide bonds. The van der Waals surface area contributed by atoms with Gasteiger partial charge < -0.3 is 14.9 Å². The van der Waals surface area contributed by atoms with Crippen LogP contribution in [0, 0.1) is 0 Å². The van der Waals surface area contributed by atoms with Crippen LogP contribution >= 0.6 is 0 Å². The number of ether oxygens (including phenoxy) is 1. The molecule has 0 bridgehead atoms. The zero-order valence-corrected chi connectivity index (χ0v) is 11.7. The van der Waals surface area contributed by atoms with Gasteiger partial charge in [0.1, 0.15) is 5.75 Å². The van der Waals surface area contributed by atoms with Crippen LogP contribution in [-0.2, 0) is 12.8 Å². The van der Waals surface area contributed by atoms with Gasteiger partial charge in [-0.1, -0.05) is 31.5 Å². The summed E-state index contributed by atoms with van der Waals surface area (Å²) in [5, 5.41) is 18.9. The topological polar surface area (TPSA) is 49.7 Å². The van der Waals surface area contributed by atoms with E-state index in [-0.39, 0.29) is 12.4 Å². The summed E-state index contributed by atoms with van der Waals surface area (Å²) in [5.74, 6) is 1.27. The number of benzene rings is 2. The van der Waals surface area contributed by atoms with Crippen molar-refractivity contribution in [3.8, 4) is 17.2 Å². The van der Waals surface area contributed by atoms with Gasteiger partial charge in [-0.3, -0.25) is 0 Å². The van der Waals surface area contributed by atoms with Gasteiger partial charge in [0.15, 0.2) is 11.5 Å². The first-order valence-corrected chi connectivity index (χ1v) is 6.92. The number of hydrogen-bond acceptors (Lipinski definition) is 3. The van der Waals surface area contributed by atoms with Crippen LogP contribution in [0.4, 0.5) is 0 Å². The van der Waals surface area contributed by atoms with E-state index in [1.165, 1.54) is 0 Å². The Morgan fingerprint density at radius 2 is 1.80 bits per heavy atom. The second-order valence-corrected chi connectivity index (χ2v) is 4.78. The van der Waals surface area contributed by atoms with Crippen LogP contribution in [0.5, 0.6) is 17.2 Å². The van der Waals surface area contributed by atoms with Crippen molar-refractivity contribution < 1.29 is 14.9 Å². The Morgan fingerprint density at radius 3 is 2.50 bits per heavy atom. The van der Waals surface area contributed by atoms with Crippen molar-refractivity contribution in [1.82, 2.24) is 0 Å². The Labute approximate surface area is 119 Å². The third-order valence-corrected chi connectivity index (χ3v) is 3.09. The second-order valence-electron chi connectivity index (χ2n) is 4.78. The number of aliphatic hydroxyl groups excluding tert-OH is 1. The van der Waals surface area contributed by atoms with E-state index in [1.54, 1.807) is 12.1 Å². The van der Waals surface area contributed by atoms with Crippen LogP contribution in [0.1, 0.15) is 24.5 Å². The molecule has 2 rings (SSSR count). The molecule has 0 saturated heterocycles. The van der Waals surface area contributed by atoms with Gasteiger partial charge in [0, 0.05) is 6.61 Å². The summed E-state index contributed by atoms with van der Waals surface area (Å²) in [4.78, 5) is 0. The van der Waals surface area contributed by atoms with Crippen molar-refractivity contribution in [1.29, 1.82) is 0 Å². The van der Waals surface area contributed by atoms with E-state index in [0.29, 0.717) is 17.9 Å². The van der Waals surface area contributed by atoms with E-state index in [1.807, 2.05) is 30.3 Å². The van der Waals surface area contributed by atoms with Gasteiger partial charge in [-0.25, -0.2) is 0 Å². The van der Waals surface area contributed by atoms with E-state index in [0.717, 1.165) is 24.0 Å².